The predicted molar refractivity (Wildman–Crippen MR) is 90.1 cm³/mol. The van der Waals surface area contributed by atoms with Crippen molar-refractivity contribution in [1.82, 2.24) is 20.8 Å². The molecule has 1 aromatic rings. The zero-order valence-corrected chi connectivity index (χ0v) is 14.9. The summed E-state index contributed by atoms with van der Waals surface area (Å²) < 4.78 is 40.4. The second-order valence-corrected chi connectivity index (χ2v) is 8.26. The largest absolute Gasteiger partial charge is 0.397 e. The molecule has 142 valence electrons. The van der Waals surface area contributed by atoms with Crippen LogP contribution in [0.15, 0.2) is 6.08 Å². The Morgan fingerprint density at radius 3 is 2.54 bits per heavy atom. The Morgan fingerprint density at radius 2 is 1.92 bits per heavy atom. The maximum atomic E-state index is 13.5. The number of aromatic amines is 1. The second kappa shape index (κ2) is 5.58. The molecular weight excluding hydrogens is 345 g/mol. The molecule has 1 saturated carbocycles. The molecule has 2 unspecified atom stereocenters. The molecule has 8 heteroatoms. The van der Waals surface area contributed by atoms with Crippen LogP contribution in [0.1, 0.15) is 43.6 Å². The lowest BCUT2D eigenvalue weighted by Crippen LogP contribution is -2.44. The highest BCUT2D eigenvalue weighted by molar-refractivity contribution is 5.83. The van der Waals surface area contributed by atoms with Gasteiger partial charge in [0, 0.05) is 11.5 Å². The van der Waals surface area contributed by atoms with Crippen molar-refractivity contribution in [2.45, 2.75) is 38.4 Å². The van der Waals surface area contributed by atoms with E-state index in [1.165, 1.54) is 0 Å². The number of allylic oxidation sites excluding steroid dienone is 1. The maximum absolute atomic E-state index is 13.5. The van der Waals surface area contributed by atoms with Gasteiger partial charge in [0.1, 0.15) is 5.92 Å². The van der Waals surface area contributed by atoms with Crippen LogP contribution in [0.3, 0.4) is 0 Å². The molecule has 4 rings (SSSR count). The minimum Gasteiger partial charge on any atom is -0.345 e. The van der Waals surface area contributed by atoms with Gasteiger partial charge in [0.25, 0.3) is 0 Å². The zero-order valence-electron chi connectivity index (χ0n) is 14.9. The highest BCUT2D eigenvalue weighted by Gasteiger charge is 2.57. The van der Waals surface area contributed by atoms with Gasteiger partial charge in [-0.25, -0.2) is 0 Å². The predicted octanol–water partition coefficient (Wildman–Crippen LogP) is 2.54. The Labute approximate surface area is 149 Å². The van der Waals surface area contributed by atoms with Crippen LogP contribution in [-0.4, -0.2) is 35.4 Å². The van der Waals surface area contributed by atoms with E-state index in [9.17, 15) is 18.0 Å². The molecule has 0 aromatic carbocycles. The van der Waals surface area contributed by atoms with Gasteiger partial charge in [-0.2, -0.15) is 18.3 Å². The van der Waals surface area contributed by atoms with Crippen LogP contribution in [0.4, 0.5) is 13.2 Å². The van der Waals surface area contributed by atoms with E-state index in [-0.39, 0.29) is 17.5 Å². The van der Waals surface area contributed by atoms with Gasteiger partial charge < -0.3 is 10.6 Å². The summed E-state index contributed by atoms with van der Waals surface area (Å²) in [5.41, 5.74) is 0.111. The van der Waals surface area contributed by atoms with Gasteiger partial charge in [-0.3, -0.25) is 9.89 Å². The second-order valence-electron chi connectivity index (χ2n) is 8.26. The first-order valence-electron chi connectivity index (χ1n) is 8.97. The van der Waals surface area contributed by atoms with E-state index in [0.717, 1.165) is 13.1 Å². The molecule has 1 amide bonds. The molecule has 26 heavy (non-hydrogen) atoms. The van der Waals surface area contributed by atoms with Crippen molar-refractivity contribution in [3.05, 3.63) is 23.0 Å². The van der Waals surface area contributed by atoms with E-state index in [1.54, 1.807) is 32.9 Å². The molecule has 2 aliphatic carbocycles. The number of fused-ring (bicyclic) bond motifs is 2. The SMILES string of the molecule is CC1C=Cc2c(C(C)(C)NC(=O)[C@H]3[C@@H]4CNC[C@@H]43)n[nH]c2C1C(F)(F)F. The van der Waals surface area contributed by atoms with Crippen molar-refractivity contribution in [2.75, 3.05) is 13.1 Å². The average molecular weight is 368 g/mol. The smallest absolute Gasteiger partial charge is 0.345 e. The summed E-state index contributed by atoms with van der Waals surface area (Å²) in [4.78, 5) is 12.6. The Kier molecular flexibility index (Phi) is 3.77. The van der Waals surface area contributed by atoms with Gasteiger partial charge in [0.15, 0.2) is 0 Å². The molecule has 2 heterocycles. The molecule has 1 aromatic heterocycles. The Bertz CT molecular complexity index is 757. The number of nitrogens with one attached hydrogen (secondary N) is 3. The fraction of sp³-hybridized carbons (Fsp3) is 0.667. The normalized spacial score (nSPS) is 32.9. The first kappa shape index (κ1) is 17.6. The minimum absolute atomic E-state index is 0.00350. The maximum Gasteiger partial charge on any atom is 0.397 e. The van der Waals surface area contributed by atoms with E-state index in [0.29, 0.717) is 23.1 Å². The van der Waals surface area contributed by atoms with Crippen molar-refractivity contribution < 1.29 is 18.0 Å². The standard InChI is InChI=1S/C18H23F3N4O/c1-8-4-5-9-14(13(8)18(19,20)21)24-25-15(9)17(2,3)23-16(26)12-10-6-22-7-11(10)12/h4-5,8,10-13,22H,6-7H2,1-3H3,(H,23,26)(H,24,25)/t8?,10-,11+,12+,13?. The molecule has 1 saturated heterocycles. The number of piperidine rings is 1. The molecule has 5 atom stereocenters. The van der Waals surface area contributed by atoms with E-state index in [1.807, 2.05) is 0 Å². The number of nitrogens with zero attached hydrogens (tertiary/aromatic N) is 1. The van der Waals surface area contributed by atoms with Gasteiger partial charge in [-0.15, -0.1) is 0 Å². The molecule has 3 aliphatic rings. The lowest BCUT2D eigenvalue weighted by Gasteiger charge is -2.29. The number of hydrogen-bond acceptors (Lipinski definition) is 3. The van der Waals surface area contributed by atoms with Gasteiger partial charge in [0.05, 0.1) is 16.9 Å². The third-order valence-electron chi connectivity index (χ3n) is 6.01. The third kappa shape index (κ3) is 2.66. The third-order valence-corrected chi connectivity index (χ3v) is 6.01. The quantitative estimate of drug-likeness (QED) is 0.768. The molecule has 2 fully saturated rings. The molecule has 1 aliphatic heterocycles. The van der Waals surface area contributed by atoms with Crippen molar-refractivity contribution in [3.63, 3.8) is 0 Å². The molecule has 0 bridgehead atoms. The molecule has 3 N–H and O–H groups in total. The number of aromatic nitrogens is 2. The fourth-order valence-corrected chi connectivity index (χ4v) is 4.59. The Morgan fingerprint density at radius 1 is 1.27 bits per heavy atom. The minimum atomic E-state index is -4.35. The highest BCUT2D eigenvalue weighted by Crippen LogP contribution is 2.49. The van der Waals surface area contributed by atoms with Crippen molar-refractivity contribution in [2.24, 2.45) is 23.7 Å². The van der Waals surface area contributed by atoms with E-state index in [4.69, 9.17) is 0 Å². The average Bonchev–Trinajstić information content (AvgIpc) is 2.86. The summed E-state index contributed by atoms with van der Waals surface area (Å²) in [5, 5.41) is 13.0. The Balaban J connectivity index is 1.59. The first-order chi connectivity index (χ1) is 12.1. The fourth-order valence-electron chi connectivity index (χ4n) is 4.59. The topological polar surface area (TPSA) is 69.8 Å². The van der Waals surface area contributed by atoms with Crippen LogP contribution in [0.5, 0.6) is 0 Å². The summed E-state index contributed by atoms with van der Waals surface area (Å²) in [6.07, 6.45) is -1.10. The van der Waals surface area contributed by atoms with E-state index >= 15 is 0 Å². The molecule has 0 radical (unpaired) electrons. The number of hydrogen-bond donors (Lipinski definition) is 3. The van der Waals surface area contributed by atoms with Crippen LogP contribution in [0.2, 0.25) is 0 Å². The number of H-pyrrole nitrogens is 1. The highest BCUT2D eigenvalue weighted by atomic mass is 19.4. The number of amides is 1. The van der Waals surface area contributed by atoms with Crippen molar-refractivity contribution >= 4 is 12.0 Å². The summed E-state index contributed by atoms with van der Waals surface area (Å²) >= 11 is 0. The van der Waals surface area contributed by atoms with Crippen LogP contribution in [0.25, 0.3) is 6.08 Å². The summed E-state index contributed by atoms with van der Waals surface area (Å²) in [6.45, 7) is 6.83. The molecular formula is C18H23F3N4O. The summed E-state index contributed by atoms with van der Waals surface area (Å²) in [6, 6.07) is 0. The number of rotatable bonds is 3. The van der Waals surface area contributed by atoms with E-state index < -0.39 is 23.6 Å². The summed E-state index contributed by atoms with van der Waals surface area (Å²) in [5.74, 6) is -1.54. The molecule has 0 spiro atoms. The molecule has 5 nitrogen and oxygen atoms in total. The number of alkyl halides is 3. The number of halogens is 3. The van der Waals surface area contributed by atoms with Gasteiger partial charge in [-0.1, -0.05) is 19.1 Å². The van der Waals surface area contributed by atoms with Crippen LogP contribution < -0.4 is 10.6 Å². The van der Waals surface area contributed by atoms with Crippen LogP contribution >= 0.6 is 0 Å². The van der Waals surface area contributed by atoms with Gasteiger partial charge in [-0.05, 0) is 44.7 Å². The van der Waals surface area contributed by atoms with Crippen molar-refractivity contribution in [3.8, 4) is 0 Å². The summed E-state index contributed by atoms with van der Waals surface area (Å²) in [7, 11) is 0. The van der Waals surface area contributed by atoms with Crippen LogP contribution in [-0.2, 0) is 10.3 Å². The van der Waals surface area contributed by atoms with Gasteiger partial charge in [0.2, 0.25) is 5.91 Å². The number of carbonyl (C=O) groups is 1. The lowest BCUT2D eigenvalue weighted by molar-refractivity contribution is -0.158. The zero-order chi connectivity index (χ0) is 18.9. The van der Waals surface area contributed by atoms with E-state index in [2.05, 4.69) is 20.8 Å². The monoisotopic (exact) mass is 368 g/mol. The van der Waals surface area contributed by atoms with Crippen molar-refractivity contribution in [1.29, 1.82) is 0 Å². The lowest BCUT2D eigenvalue weighted by atomic mass is 9.81. The van der Waals surface area contributed by atoms with Gasteiger partial charge >= 0.3 is 6.18 Å². The Hall–Kier alpha value is -1.83. The first-order valence-corrected chi connectivity index (χ1v) is 8.97. The van der Waals surface area contributed by atoms with Crippen LogP contribution in [0, 0.1) is 23.7 Å². The number of carbonyl (C=O) groups excluding carboxylic acids is 1.